The molecule has 1 aliphatic rings. The number of halogens is 2. The first kappa shape index (κ1) is 17.5. The minimum atomic E-state index is -0.464. The van der Waals surface area contributed by atoms with Crippen LogP contribution in [0.1, 0.15) is 23.1 Å². The highest BCUT2D eigenvalue weighted by Crippen LogP contribution is 2.30. The van der Waals surface area contributed by atoms with E-state index in [1.165, 1.54) is 11.3 Å². The molecule has 0 saturated heterocycles. The van der Waals surface area contributed by atoms with Gasteiger partial charge in [-0.05, 0) is 24.6 Å². The molecule has 24 heavy (non-hydrogen) atoms. The molecule has 1 aromatic carbocycles. The van der Waals surface area contributed by atoms with Crippen molar-refractivity contribution >= 4 is 45.8 Å². The Morgan fingerprint density at radius 1 is 1.46 bits per heavy atom. The number of thiazole rings is 1. The third kappa shape index (κ3) is 4.19. The largest absolute Gasteiger partial charge is 0.450 e. The van der Waals surface area contributed by atoms with E-state index in [9.17, 15) is 4.79 Å². The lowest BCUT2D eigenvalue weighted by atomic mass is 10.1. The molecule has 1 aliphatic heterocycles. The molecule has 5 nitrogen and oxygen atoms in total. The second-order valence-corrected chi connectivity index (χ2v) is 7.36. The Kier molecular flexibility index (Phi) is 5.61. The minimum absolute atomic E-state index is 0.340. The summed E-state index contributed by atoms with van der Waals surface area (Å²) in [5.41, 5.74) is 2.10. The number of aromatic nitrogens is 1. The van der Waals surface area contributed by atoms with Gasteiger partial charge in [-0.25, -0.2) is 9.78 Å². The number of carbonyl (C=O) groups excluding carboxylic acids is 1. The van der Waals surface area contributed by atoms with Gasteiger partial charge in [0.1, 0.15) is 0 Å². The van der Waals surface area contributed by atoms with Crippen LogP contribution in [0.2, 0.25) is 10.0 Å². The van der Waals surface area contributed by atoms with Gasteiger partial charge in [-0.2, -0.15) is 0 Å². The molecule has 0 atom stereocenters. The Hall–Kier alpha value is -1.34. The van der Waals surface area contributed by atoms with E-state index in [4.69, 9.17) is 27.9 Å². The standard InChI is InChI=1S/C16H17Cl2N3O2S/c1-2-23-16(22)20-15-19-13-5-6-21(9-14(13)24-15)8-10-3-4-11(17)7-12(10)18/h3-4,7H,2,5-6,8-9H2,1H3,(H,19,20,22). The molecule has 8 heteroatoms. The van der Waals surface area contributed by atoms with Crippen LogP contribution in [0.5, 0.6) is 0 Å². The van der Waals surface area contributed by atoms with Gasteiger partial charge < -0.3 is 4.74 Å². The van der Waals surface area contributed by atoms with Crippen LogP contribution in [-0.2, 0) is 24.2 Å². The van der Waals surface area contributed by atoms with E-state index in [1.807, 2.05) is 12.1 Å². The van der Waals surface area contributed by atoms with Crippen molar-refractivity contribution in [3.05, 3.63) is 44.4 Å². The first-order valence-electron chi connectivity index (χ1n) is 7.63. The van der Waals surface area contributed by atoms with Crippen LogP contribution in [0.4, 0.5) is 9.93 Å². The summed E-state index contributed by atoms with van der Waals surface area (Å²) in [6.07, 6.45) is 0.384. The van der Waals surface area contributed by atoms with Gasteiger partial charge in [0.2, 0.25) is 0 Å². The summed E-state index contributed by atoms with van der Waals surface area (Å²) in [5.74, 6) is 0. The zero-order valence-corrected chi connectivity index (χ0v) is 15.5. The molecule has 0 bridgehead atoms. The number of amides is 1. The molecular formula is C16H17Cl2N3O2S. The average Bonchev–Trinajstić information content (AvgIpc) is 2.91. The van der Waals surface area contributed by atoms with Gasteiger partial charge in [-0.15, -0.1) is 0 Å². The number of fused-ring (bicyclic) bond motifs is 1. The SMILES string of the molecule is CCOC(=O)Nc1nc2c(s1)CN(Cc1ccc(Cl)cc1Cl)CC2. The Morgan fingerprint density at radius 3 is 3.04 bits per heavy atom. The van der Waals surface area contributed by atoms with Gasteiger partial charge in [0.25, 0.3) is 0 Å². The first-order chi connectivity index (χ1) is 11.5. The van der Waals surface area contributed by atoms with E-state index in [2.05, 4.69) is 15.2 Å². The van der Waals surface area contributed by atoms with Crippen LogP contribution >= 0.6 is 34.5 Å². The Balaban J connectivity index is 1.66. The van der Waals surface area contributed by atoms with Crippen molar-refractivity contribution in [2.24, 2.45) is 0 Å². The number of nitrogens with zero attached hydrogens (tertiary/aromatic N) is 2. The molecule has 1 aromatic heterocycles. The molecule has 1 amide bonds. The quantitative estimate of drug-likeness (QED) is 0.836. The van der Waals surface area contributed by atoms with Crippen LogP contribution in [0.25, 0.3) is 0 Å². The zero-order chi connectivity index (χ0) is 17.1. The minimum Gasteiger partial charge on any atom is -0.450 e. The van der Waals surface area contributed by atoms with Gasteiger partial charge in [0, 0.05) is 41.0 Å². The van der Waals surface area contributed by atoms with E-state index in [-0.39, 0.29) is 0 Å². The van der Waals surface area contributed by atoms with Crippen LogP contribution in [-0.4, -0.2) is 29.1 Å². The monoisotopic (exact) mass is 385 g/mol. The van der Waals surface area contributed by atoms with E-state index in [0.29, 0.717) is 21.8 Å². The number of hydrogen-bond donors (Lipinski definition) is 1. The van der Waals surface area contributed by atoms with E-state index in [1.54, 1.807) is 13.0 Å². The van der Waals surface area contributed by atoms with E-state index < -0.39 is 6.09 Å². The molecule has 128 valence electrons. The van der Waals surface area contributed by atoms with Crippen molar-refractivity contribution in [2.75, 3.05) is 18.5 Å². The fraction of sp³-hybridized carbons (Fsp3) is 0.375. The number of rotatable bonds is 4. The molecule has 1 N–H and O–H groups in total. The predicted molar refractivity (Wildman–Crippen MR) is 97.0 cm³/mol. The van der Waals surface area contributed by atoms with Crippen molar-refractivity contribution in [1.29, 1.82) is 0 Å². The topological polar surface area (TPSA) is 54.5 Å². The van der Waals surface area contributed by atoms with Crippen molar-refractivity contribution in [3.8, 4) is 0 Å². The second kappa shape index (κ2) is 7.70. The summed E-state index contributed by atoms with van der Waals surface area (Å²) in [4.78, 5) is 19.4. The third-order valence-corrected chi connectivity index (χ3v) is 5.29. The van der Waals surface area contributed by atoms with Crippen LogP contribution in [0, 0.1) is 0 Å². The summed E-state index contributed by atoms with van der Waals surface area (Å²) in [6, 6.07) is 5.58. The number of anilines is 1. The lowest BCUT2D eigenvalue weighted by Crippen LogP contribution is -2.29. The maximum absolute atomic E-state index is 11.5. The summed E-state index contributed by atoms with van der Waals surface area (Å²) >= 11 is 13.7. The lowest BCUT2D eigenvalue weighted by molar-refractivity contribution is 0.168. The maximum atomic E-state index is 11.5. The highest BCUT2D eigenvalue weighted by Gasteiger charge is 2.22. The second-order valence-electron chi connectivity index (χ2n) is 5.43. The molecule has 2 aromatic rings. The van der Waals surface area contributed by atoms with Crippen molar-refractivity contribution in [1.82, 2.24) is 9.88 Å². The van der Waals surface area contributed by atoms with Crippen molar-refractivity contribution in [2.45, 2.75) is 26.4 Å². The molecule has 0 fully saturated rings. The fourth-order valence-corrected chi connectivity index (χ4v) is 4.09. The number of benzene rings is 1. The van der Waals surface area contributed by atoms with Gasteiger partial charge >= 0.3 is 6.09 Å². The molecular weight excluding hydrogens is 369 g/mol. The predicted octanol–water partition coefficient (Wildman–Crippen LogP) is 4.58. The summed E-state index contributed by atoms with van der Waals surface area (Å²) in [6.45, 7) is 4.55. The summed E-state index contributed by atoms with van der Waals surface area (Å²) < 4.78 is 4.88. The third-order valence-electron chi connectivity index (χ3n) is 3.70. The molecule has 2 heterocycles. The lowest BCUT2D eigenvalue weighted by Gasteiger charge is -2.26. The smallest absolute Gasteiger partial charge is 0.413 e. The van der Waals surface area contributed by atoms with Gasteiger partial charge in [0.15, 0.2) is 5.13 Å². The Bertz CT molecular complexity index is 751. The van der Waals surface area contributed by atoms with Gasteiger partial charge in [-0.3, -0.25) is 10.2 Å². The number of ether oxygens (including phenoxy) is 1. The summed E-state index contributed by atoms with van der Waals surface area (Å²) in [7, 11) is 0. The zero-order valence-electron chi connectivity index (χ0n) is 13.1. The van der Waals surface area contributed by atoms with Crippen LogP contribution in [0.15, 0.2) is 18.2 Å². The van der Waals surface area contributed by atoms with Crippen molar-refractivity contribution < 1.29 is 9.53 Å². The van der Waals surface area contributed by atoms with Crippen molar-refractivity contribution in [3.63, 3.8) is 0 Å². The average molecular weight is 386 g/mol. The molecule has 0 radical (unpaired) electrons. The highest BCUT2D eigenvalue weighted by atomic mass is 35.5. The maximum Gasteiger partial charge on any atom is 0.413 e. The Morgan fingerprint density at radius 2 is 2.29 bits per heavy atom. The molecule has 3 rings (SSSR count). The number of nitrogens with one attached hydrogen (secondary N) is 1. The van der Waals surface area contributed by atoms with Crippen LogP contribution in [0.3, 0.4) is 0 Å². The molecule has 0 unspecified atom stereocenters. The first-order valence-corrected chi connectivity index (χ1v) is 9.21. The molecule has 0 spiro atoms. The molecule has 0 aliphatic carbocycles. The van der Waals surface area contributed by atoms with E-state index in [0.717, 1.165) is 42.2 Å². The Labute approximate surface area is 154 Å². The molecule has 0 saturated carbocycles. The highest BCUT2D eigenvalue weighted by molar-refractivity contribution is 7.15. The summed E-state index contributed by atoms with van der Waals surface area (Å²) in [5, 5.41) is 4.58. The van der Waals surface area contributed by atoms with Crippen LogP contribution < -0.4 is 5.32 Å². The fourth-order valence-electron chi connectivity index (χ4n) is 2.58. The van der Waals surface area contributed by atoms with E-state index >= 15 is 0 Å². The normalized spacial score (nSPS) is 14.3. The van der Waals surface area contributed by atoms with Gasteiger partial charge in [-0.1, -0.05) is 40.6 Å². The van der Waals surface area contributed by atoms with Gasteiger partial charge in [0.05, 0.1) is 12.3 Å². The number of hydrogen-bond acceptors (Lipinski definition) is 5. The number of carbonyl (C=O) groups is 1.